The Kier molecular flexibility index (Phi) is 5.80. The average molecular weight is 470 g/mol. The third kappa shape index (κ3) is 4.41. The molecule has 11 heteroatoms. The Hall–Kier alpha value is -3.89. The third-order valence-electron chi connectivity index (χ3n) is 4.34. The molecule has 4 rings (SSSR count). The van der Waals surface area contributed by atoms with E-state index < -0.39 is 16.8 Å². The summed E-state index contributed by atoms with van der Waals surface area (Å²) in [5.74, 6) is -0.792. The van der Waals surface area contributed by atoms with Crippen molar-refractivity contribution in [3.63, 3.8) is 0 Å². The summed E-state index contributed by atoms with van der Waals surface area (Å²) in [6.45, 7) is 0. The number of halogens is 1. The largest absolute Gasteiger partial charge is 0.478 e. The predicted octanol–water partition coefficient (Wildman–Crippen LogP) is 5.10. The summed E-state index contributed by atoms with van der Waals surface area (Å²) in [5, 5.41) is 23.1. The predicted molar refractivity (Wildman–Crippen MR) is 120 cm³/mol. The number of hydrogen-bond donors (Lipinski definition) is 2. The summed E-state index contributed by atoms with van der Waals surface area (Å²) in [5.41, 5.74) is 0.570. The molecular weight excluding hydrogens is 458 g/mol. The highest BCUT2D eigenvalue weighted by molar-refractivity contribution is 8.18. The van der Waals surface area contributed by atoms with Crippen molar-refractivity contribution in [1.82, 2.24) is 5.32 Å². The monoisotopic (exact) mass is 469 g/mol. The molecule has 2 N–H and O–H groups in total. The molecule has 0 aliphatic carbocycles. The first kappa shape index (κ1) is 21.3. The van der Waals surface area contributed by atoms with Crippen LogP contribution in [0.25, 0.3) is 17.4 Å². The van der Waals surface area contributed by atoms with Gasteiger partial charge in [-0.15, -0.1) is 0 Å². The number of nitrogens with zero attached hydrogens (tertiary/aromatic N) is 2. The smallest absolute Gasteiger partial charge is 0.337 e. The maximum absolute atomic E-state index is 12.3. The van der Waals surface area contributed by atoms with Crippen LogP contribution in [0.15, 0.2) is 68.9 Å². The van der Waals surface area contributed by atoms with Crippen molar-refractivity contribution < 1.29 is 24.0 Å². The Labute approximate surface area is 189 Å². The molecule has 0 atom stereocenters. The number of nitro groups is 1. The lowest BCUT2D eigenvalue weighted by Gasteiger charge is -2.01. The molecule has 2 heterocycles. The van der Waals surface area contributed by atoms with Crippen molar-refractivity contribution in [3.05, 3.63) is 86.0 Å². The SMILES string of the molecule is O=C1NC(=Nc2ccccc2C(=O)O)S/C1=C/c1ccc(-c2ccc([N+](=O)[O-])cc2Cl)o1. The number of aliphatic imine (C=N–C) groups is 1. The normalized spacial score (nSPS) is 15.8. The second kappa shape index (κ2) is 8.69. The van der Waals surface area contributed by atoms with E-state index in [1.165, 1.54) is 36.4 Å². The molecule has 0 spiro atoms. The van der Waals surface area contributed by atoms with E-state index in [9.17, 15) is 24.8 Å². The molecule has 2 aromatic carbocycles. The molecule has 1 aliphatic heterocycles. The van der Waals surface area contributed by atoms with Gasteiger partial charge in [-0.1, -0.05) is 23.7 Å². The van der Waals surface area contributed by atoms with E-state index in [4.69, 9.17) is 16.0 Å². The van der Waals surface area contributed by atoms with Crippen LogP contribution < -0.4 is 5.32 Å². The summed E-state index contributed by atoms with van der Waals surface area (Å²) in [6.07, 6.45) is 1.51. The minimum atomic E-state index is -1.12. The number of nitro benzene ring substituents is 1. The van der Waals surface area contributed by atoms with Crippen LogP contribution in [0, 0.1) is 10.1 Å². The van der Waals surface area contributed by atoms with Gasteiger partial charge in [-0.05, 0) is 42.1 Å². The van der Waals surface area contributed by atoms with Gasteiger partial charge in [0.1, 0.15) is 11.5 Å². The number of carboxylic acid groups (broad SMARTS) is 1. The van der Waals surface area contributed by atoms with Crippen LogP contribution in [-0.4, -0.2) is 27.1 Å². The first-order valence-electron chi connectivity index (χ1n) is 8.98. The van der Waals surface area contributed by atoms with Crippen LogP contribution in [0.4, 0.5) is 11.4 Å². The number of aromatic carboxylic acids is 1. The molecular formula is C21H12ClN3O6S. The van der Waals surface area contributed by atoms with Crippen LogP contribution in [0.5, 0.6) is 0 Å². The van der Waals surface area contributed by atoms with Gasteiger partial charge in [0.15, 0.2) is 5.17 Å². The molecule has 9 nitrogen and oxygen atoms in total. The third-order valence-corrected chi connectivity index (χ3v) is 5.56. The number of carbonyl (C=O) groups is 2. The van der Waals surface area contributed by atoms with E-state index in [-0.39, 0.29) is 27.1 Å². The second-order valence-electron chi connectivity index (χ2n) is 6.43. The number of hydrogen-bond acceptors (Lipinski definition) is 7. The fourth-order valence-electron chi connectivity index (χ4n) is 2.86. The van der Waals surface area contributed by atoms with E-state index in [2.05, 4.69) is 10.3 Å². The van der Waals surface area contributed by atoms with Crippen LogP contribution in [0.3, 0.4) is 0 Å². The Bertz CT molecular complexity index is 1330. The van der Waals surface area contributed by atoms with Gasteiger partial charge in [0.25, 0.3) is 11.6 Å². The number of amides is 1. The molecule has 0 unspecified atom stereocenters. The molecule has 160 valence electrons. The fourth-order valence-corrected chi connectivity index (χ4v) is 3.95. The first-order valence-corrected chi connectivity index (χ1v) is 10.2. The van der Waals surface area contributed by atoms with E-state index in [0.29, 0.717) is 22.0 Å². The lowest BCUT2D eigenvalue weighted by atomic mass is 10.1. The second-order valence-corrected chi connectivity index (χ2v) is 7.87. The summed E-state index contributed by atoms with van der Waals surface area (Å²) >= 11 is 7.17. The van der Waals surface area contributed by atoms with Crippen molar-refractivity contribution in [1.29, 1.82) is 0 Å². The van der Waals surface area contributed by atoms with Gasteiger partial charge in [-0.3, -0.25) is 14.9 Å². The van der Waals surface area contributed by atoms with E-state index in [1.807, 2.05) is 0 Å². The van der Waals surface area contributed by atoms with E-state index in [1.54, 1.807) is 24.3 Å². The minimum absolute atomic E-state index is 0.0166. The Balaban J connectivity index is 1.57. The highest BCUT2D eigenvalue weighted by Gasteiger charge is 2.25. The molecule has 32 heavy (non-hydrogen) atoms. The molecule has 1 fully saturated rings. The maximum atomic E-state index is 12.3. The molecule has 0 radical (unpaired) electrons. The number of amidine groups is 1. The van der Waals surface area contributed by atoms with Crippen LogP contribution in [0.1, 0.15) is 16.1 Å². The number of thioether (sulfide) groups is 1. The van der Waals surface area contributed by atoms with Gasteiger partial charge >= 0.3 is 5.97 Å². The summed E-state index contributed by atoms with van der Waals surface area (Å²) in [6, 6.07) is 13.5. The Morgan fingerprint density at radius 1 is 1.22 bits per heavy atom. The fraction of sp³-hybridized carbons (Fsp3) is 0. The molecule has 1 aliphatic rings. The molecule has 0 saturated carbocycles. The highest BCUT2D eigenvalue weighted by atomic mass is 35.5. The Morgan fingerprint density at radius 2 is 2.00 bits per heavy atom. The quantitative estimate of drug-likeness (QED) is 0.301. The number of benzene rings is 2. The van der Waals surface area contributed by atoms with Gasteiger partial charge in [0.2, 0.25) is 0 Å². The summed E-state index contributed by atoms with van der Waals surface area (Å²) in [4.78, 5) is 38.5. The maximum Gasteiger partial charge on any atom is 0.337 e. The van der Waals surface area contributed by atoms with E-state index in [0.717, 1.165) is 11.8 Å². The van der Waals surface area contributed by atoms with Gasteiger partial charge < -0.3 is 14.8 Å². The topological polar surface area (TPSA) is 135 Å². The zero-order valence-corrected chi connectivity index (χ0v) is 17.5. The van der Waals surface area contributed by atoms with Crippen LogP contribution in [-0.2, 0) is 4.79 Å². The van der Waals surface area contributed by atoms with Gasteiger partial charge in [-0.2, -0.15) is 0 Å². The number of carbonyl (C=O) groups excluding carboxylic acids is 1. The molecule has 1 saturated heterocycles. The lowest BCUT2D eigenvalue weighted by molar-refractivity contribution is -0.384. The molecule has 3 aromatic rings. The summed E-state index contributed by atoms with van der Waals surface area (Å²) < 4.78 is 5.72. The van der Waals surface area contributed by atoms with E-state index >= 15 is 0 Å². The van der Waals surface area contributed by atoms with Gasteiger partial charge in [0.05, 0.1) is 26.1 Å². The minimum Gasteiger partial charge on any atom is -0.478 e. The Morgan fingerprint density at radius 3 is 2.72 bits per heavy atom. The highest BCUT2D eigenvalue weighted by Crippen LogP contribution is 2.34. The standard InChI is InChI=1S/C21H12ClN3O6S/c22-15-9-11(25(29)30)5-7-13(15)17-8-6-12(31-17)10-18-19(26)24-21(32-18)23-16-4-2-1-3-14(16)20(27)28/h1-10H,(H,27,28)(H,23,24,26)/b18-10+. The van der Waals surface area contributed by atoms with Crippen molar-refractivity contribution >= 4 is 57.9 Å². The van der Waals surface area contributed by atoms with Crippen molar-refractivity contribution in [2.24, 2.45) is 4.99 Å². The van der Waals surface area contributed by atoms with Crippen molar-refractivity contribution in [2.45, 2.75) is 0 Å². The van der Waals surface area contributed by atoms with Gasteiger partial charge in [-0.25, -0.2) is 9.79 Å². The molecule has 0 bridgehead atoms. The van der Waals surface area contributed by atoms with Crippen LogP contribution in [0.2, 0.25) is 5.02 Å². The average Bonchev–Trinajstić information content (AvgIpc) is 3.34. The molecule has 1 aromatic heterocycles. The number of rotatable bonds is 5. The number of carboxylic acids is 1. The number of non-ortho nitro benzene ring substituents is 1. The zero-order valence-electron chi connectivity index (χ0n) is 15.9. The first-order chi connectivity index (χ1) is 15.3. The summed E-state index contributed by atoms with van der Waals surface area (Å²) in [7, 11) is 0. The van der Waals surface area contributed by atoms with Crippen LogP contribution >= 0.6 is 23.4 Å². The number of nitrogens with one attached hydrogen (secondary N) is 1. The lowest BCUT2D eigenvalue weighted by Crippen LogP contribution is -2.19. The van der Waals surface area contributed by atoms with Crippen molar-refractivity contribution in [2.75, 3.05) is 0 Å². The number of furan rings is 1. The molecule has 1 amide bonds. The van der Waals surface area contributed by atoms with Gasteiger partial charge in [0, 0.05) is 23.8 Å². The number of para-hydroxylation sites is 1. The van der Waals surface area contributed by atoms with Crippen molar-refractivity contribution in [3.8, 4) is 11.3 Å². The zero-order chi connectivity index (χ0) is 22.8.